The minimum atomic E-state index is -2.74. The van der Waals surface area contributed by atoms with E-state index in [0.29, 0.717) is 5.92 Å². The Kier molecular flexibility index (Phi) is 6.13. The van der Waals surface area contributed by atoms with Gasteiger partial charge in [-0.25, -0.2) is 4.79 Å². The number of amides is 1. The van der Waals surface area contributed by atoms with Crippen LogP contribution in [0.3, 0.4) is 0 Å². The van der Waals surface area contributed by atoms with Gasteiger partial charge in [-0.2, -0.15) is 0 Å². The Hall–Kier alpha value is -2.15. The Balaban J connectivity index is 1.60. The lowest BCUT2D eigenvalue weighted by atomic mass is 9.88. The second-order valence-electron chi connectivity index (χ2n) is 12.5. The lowest BCUT2D eigenvalue weighted by molar-refractivity contribution is -0.00693. The number of carbonyl (C=O) groups is 1. The summed E-state index contributed by atoms with van der Waals surface area (Å²) in [6, 6.07) is 21.9. The zero-order chi connectivity index (χ0) is 25.0. The van der Waals surface area contributed by atoms with Crippen molar-refractivity contribution in [1.29, 1.82) is 0 Å². The average Bonchev–Trinajstić information content (AvgIpc) is 2.88. The monoisotopic (exact) mass is 492 g/mol. The number of benzene rings is 2. The van der Waals surface area contributed by atoms with Crippen LogP contribution in [0.25, 0.3) is 0 Å². The van der Waals surface area contributed by atoms with Crippen LogP contribution < -0.4 is 15.7 Å². The first-order valence-corrected chi connectivity index (χ1v) is 15.0. The predicted octanol–water partition coefficient (Wildman–Crippen LogP) is 4.30. The molecule has 2 aromatic carbocycles. The van der Waals surface area contributed by atoms with Gasteiger partial charge < -0.3 is 14.5 Å². The van der Waals surface area contributed by atoms with E-state index >= 15 is 0 Å². The van der Waals surface area contributed by atoms with E-state index in [1.807, 2.05) is 25.7 Å². The predicted molar refractivity (Wildman–Crippen MR) is 143 cm³/mol. The van der Waals surface area contributed by atoms with Gasteiger partial charge in [0.1, 0.15) is 5.60 Å². The highest BCUT2D eigenvalue weighted by Crippen LogP contribution is 2.47. The molecule has 0 aliphatic carbocycles. The number of piperidine rings is 2. The first-order chi connectivity index (χ1) is 16.5. The van der Waals surface area contributed by atoms with E-state index in [1.54, 1.807) is 0 Å². The van der Waals surface area contributed by atoms with Crippen LogP contribution >= 0.6 is 0 Å². The molecule has 5 rings (SSSR count). The summed E-state index contributed by atoms with van der Waals surface area (Å²) in [5.41, 5.74) is -0.519. The number of rotatable bonds is 4. The van der Waals surface area contributed by atoms with Gasteiger partial charge >= 0.3 is 6.09 Å². The second-order valence-corrected chi connectivity index (χ2v) is 16.8. The second kappa shape index (κ2) is 8.75. The van der Waals surface area contributed by atoms with Crippen LogP contribution in [0.15, 0.2) is 60.7 Å². The van der Waals surface area contributed by atoms with Crippen LogP contribution in [0.1, 0.15) is 54.4 Å². The van der Waals surface area contributed by atoms with Gasteiger partial charge in [0.2, 0.25) is 0 Å². The topological polar surface area (TPSA) is 50.8 Å². The van der Waals surface area contributed by atoms with E-state index in [0.717, 1.165) is 19.4 Å². The molecule has 6 heteroatoms. The van der Waals surface area contributed by atoms with Gasteiger partial charge in [0.25, 0.3) is 8.32 Å². The molecule has 0 unspecified atom stereocenters. The molecule has 3 aliphatic rings. The lowest BCUT2D eigenvalue weighted by Crippen LogP contribution is -2.69. The normalized spacial score (nSPS) is 28.3. The Labute approximate surface area is 211 Å². The van der Waals surface area contributed by atoms with Crippen LogP contribution in [0.4, 0.5) is 4.79 Å². The van der Waals surface area contributed by atoms with Crippen molar-refractivity contribution in [2.24, 2.45) is 5.92 Å². The number of nitrogens with one attached hydrogen (secondary N) is 1. The smallest absolute Gasteiger partial charge is 0.410 e. The molecule has 188 valence electrons. The molecule has 3 saturated heterocycles. The standard InChI is InChI=1S/C29H40N2O3Si/c1-28(2,3)33-27(32)31-23-17-20-18-24(31)26(25(23)30-19-20)34-35(29(4,5)6,21-13-9-7-10-14-21)22-15-11-8-12-16-22/h7-16,20,23-26,30H,17-19H2,1-6H3/t20-,23-,24+,25+,26+/m1/s1. The third-order valence-corrected chi connectivity index (χ3v) is 13.0. The molecule has 0 radical (unpaired) electrons. The summed E-state index contributed by atoms with van der Waals surface area (Å²) in [5, 5.41) is 6.24. The minimum Gasteiger partial charge on any atom is -0.444 e. The third kappa shape index (κ3) is 4.24. The number of fused-ring (bicyclic) bond motifs is 2. The molecular formula is C29H40N2O3Si. The maximum absolute atomic E-state index is 13.4. The fourth-order valence-corrected chi connectivity index (χ4v) is 11.4. The molecular weight excluding hydrogens is 452 g/mol. The number of hydrogen-bond acceptors (Lipinski definition) is 4. The highest BCUT2D eigenvalue weighted by atomic mass is 28.4. The van der Waals surface area contributed by atoms with Crippen molar-refractivity contribution in [1.82, 2.24) is 10.2 Å². The molecule has 0 spiro atoms. The van der Waals surface area contributed by atoms with Crippen molar-refractivity contribution in [3.8, 4) is 0 Å². The quantitative estimate of drug-likeness (QED) is 0.647. The average molecular weight is 493 g/mol. The largest absolute Gasteiger partial charge is 0.444 e. The fraction of sp³-hybridized carbons (Fsp3) is 0.552. The summed E-state index contributed by atoms with van der Waals surface area (Å²) in [6.07, 6.45) is 1.70. The Morgan fingerprint density at radius 1 is 0.886 bits per heavy atom. The maximum atomic E-state index is 13.4. The van der Waals surface area contributed by atoms with Gasteiger partial charge in [-0.1, -0.05) is 81.4 Å². The molecule has 5 atom stereocenters. The molecule has 5 nitrogen and oxygen atoms in total. The zero-order valence-corrected chi connectivity index (χ0v) is 23.0. The van der Waals surface area contributed by atoms with E-state index < -0.39 is 13.9 Å². The van der Waals surface area contributed by atoms with Crippen LogP contribution in [0.2, 0.25) is 5.04 Å². The highest BCUT2D eigenvalue weighted by molar-refractivity contribution is 6.99. The van der Waals surface area contributed by atoms with E-state index in [-0.39, 0.29) is 35.4 Å². The van der Waals surface area contributed by atoms with E-state index in [4.69, 9.17) is 9.16 Å². The van der Waals surface area contributed by atoms with Gasteiger partial charge in [0.05, 0.1) is 24.2 Å². The summed E-state index contributed by atoms with van der Waals surface area (Å²) in [5.74, 6) is 0.577. The Bertz CT molecular complexity index is 1010. The van der Waals surface area contributed by atoms with E-state index in [1.165, 1.54) is 10.4 Å². The Morgan fingerprint density at radius 3 is 1.94 bits per heavy atom. The zero-order valence-electron chi connectivity index (χ0n) is 22.0. The first-order valence-electron chi connectivity index (χ1n) is 13.0. The molecule has 3 bridgehead atoms. The van der Waals surface area contributed by atoms with Crippen molar-refractivity contribution in [2.75, 3.05) is 6.54 Å². The SMILES string of the molecule is CC(C)(C)OC(=O)N1[C@@H]2C[C@H]3CN[C@@H]2[C@@H](O[Si](c2ccccc2)(c2ccccc2)C(C)(C)C)[C@@H]1C3. The molecule has 3 fully saturated rings. The Morgan fingerprint density at radius 2 is 1.43 bits per heavy atom. The van der Waals surface area contributed by atoms with E-state index in [2.05, 4.69) is 86.8 Å². The maximum Gasteiger partial charge on any atom is 0.410 e. The van der Waals surface area contributed by atoms with Crippen LogP contribution in [-0.2, 0) is 9.16 Å². The molecule has 1 amide bonds. The lowest BCUT2D eigenvalue weighted by Gasteiger charge is -2.46. The van der Waals surface area contributed by atoms with Crippen molar-refractivity contribution in [3.05, 3.63) is 60.7 Å². The highest BCUT2D eigenvalue weighted by Gasteiger charge is 2.62. The van der Waals surface area contributed by atoms with Crippen LogP contribution in [-0.4, -0.2) is 55.7 Å². The van der Waals surface area contributed by atoms with Crippen molar-refractivity contribution in [2.45, 2.75) is 89.3 Å². The summed E-state index contributed by atoms with van der Waals surface area (Å²) in [7, 11) is -2.74. The molecule has 2 aromatic rings. The van der Waals surface area contributed by atoms with Gasteiger partial charge in [-0.15, -0.1) is 0 Å². The van der Waals surface area contributed by atoms with Gasteiger partial charge in [-0.3, -0.25) is 4.90 Å². The summed E-state index contributed by atoms with van der Waals surface area (Å²) < 4.78 is 13.5. The first kappa shape index (κ1) is 24.5. The van der Waals surface area contributed by atoms with Gasteiger partial charge in [0.15, 0.2) is 0 Å². The number of ether oxygens (including phenoxy) is 1. The van der Waals surface area contributed by atoms with Crippen molar-refractivity contribution >= 4 is 24.8 Å². The summed E-state index contributed by atoms with van der Waals surface area (Å²) in [6.45, 7) is 13.8. The minimum absolute atomic E-state index is 0.0234. The molecule has 0 saturated carbocycles. The van der Waals surface area contributed by atoms with Crippen molar-refractivity contribution < 1.29 is 14.0 Å². The number of hydrogen-bond donors (Lipinski definition) is 1. The molecule has 35 heavy (non-hydrogen) atoms. The summed E-state index contributed by atoms with van der Waals surface area (Å²) >= 11 is 0. The fourth-order valence-electron chi connectivity index (χ4n) is 6.68. The van der Waals surface area contributed by atoms with Gasteiger partial charge in [-0.05, 0) is 61.5 Å². The number of nitrogens with zero attached hydrogens (tertiary/aromatic N) is 1. The van der Waals surface area contributed by atoms with Gasteiger partial charge in [0, 0.05) is 0 Å². The van der Waals surface area contributed by atoms with Crippen LogP contribution in [0, 0.1) is 5.92 Å². The van der Waals surface area contributed by atoms with Crippen LogP contribution in [0.5, 0.6) is 0 Å². The van der Waals surface area contributed by atoms with E-state index in [9.17, 15) is 4.79 Å². The molecule has 1 N–H and O–H groups in total. The van der Waals surface area contributed by atoms with Crippen molar-refractivity contribution in [3.63, 3.8) is 0 Å². The summed E-state index contributed by atoms with van der Waals surface area (Å²) in [4.78, 5) is 15.5. The molecule has 0 aromatic heterocycles. The third-order valence-electron chi connectivity index (χ3n) is 7.99. The molecule has 3 heterocycles. The molecule has 3 aliphatic heterocycles. The number of carbonyl (C=O) groups excluding carboxylic acids is 1.